The molecule has 0 aliphatic heterocycles. The van der Waals surface area contributed by atoms with Gasteiger partial charge >= 0.3 is 0 Å². The van der Waals surface area contributed by atoms with E-state index in [1.54, 1.807) is 6.07 Å². The van der Waals surface area contributed by atoms with Crippen molar-refractivity contribution in [1.82, 2.24) is 0 Å². The Bertz CT molecular complexity index is 735. The van der Waals surface area contributed by atoms with E-state index in [1.807, 2.05) is 24.3 Å². The minimum atomic E-state index is -0.223. The standard InChI is InChI=1S/C18H16ClNO2/c19-16-11-15(21)9-10-17(16)20-18(22)14-7-5-13(6-8-14)12-3-1-2-4-12/h3,5-11,21H,1-2,4H2,(H,20,22). The zero-order chi connectivity index (χ0) is 15.5. The highest BCUT2D eigenvalue weighted by Gasteiger charge is 2.11. The number of aromatic hydroxyl groups is 1. The summed E-state index contributed by atoms with van der Waals surface area (Å²) in [6.07, 6.45) is 5.70. The van der Waals surface area contributed by atoms with Gasteiger partial charge in [-0.1, -0.05) is 29.8 Å². The minimum Gasteiger partial charge on any atom is -0.508 e. The fourth-order valence-corrected chi connectivity index (χ4v) is 2.79. The highest BCUT2D eigenvalue weighted by atomic mass is 35.5. The number of hydrogen-bond donors (Lipinski definition) is 2. The molecule has 1 aliphatic carbocycles. The van der Waals surface area contributed by atoms with E-state index in [0.717, 1.165) is 12.8 Å². The molecule has 0 saturated carbocycles. The maximum Gasteiger partial charge on any atom is 0.255 e. The average Bonchev–Trinajstić information content (AvgIpc) is 3.04. The van der Waals surface area contributed by atoms with Gasteiger partial charge in [-0.3, -0.25) is 4.79 Å². The van der Waals surface area contributed by atoms with E-state index in [4.69, 9.17) is 11.6 Å². The zero-order valence-corrected chi connectivity index (χ0v) is 12.7. The molecular formula is C18H16ClNO2. The molecule has 22 heavy (non-hydrogen) atoms. The van der Waals surface area contributed by atoms with E-state index < -0.39 is 0 Å². The van der Waals surface area contributed by atoms with Crippen LogP contribution in [0.15, 0.2) is 48.5 Å². The van der Waals surface area contributed by atoms with Gasteiger partial charge in [0.15, 0.2) is 0 Å². The Labute approximate surface area is 134 Å². The maximum absolute atomic E-state index is 12.2. The number of halogens is 1. The molecule has 3 nitrogen and oxygen atoms in total. The number of phenols is 1. The molecule has 3 rings (SSSR count). The molecule has 2 aromatic carbocycles. The summed E-state index contributed by atoms with van der Waals surface area (Å²) in [7, 11) is 0. The largest absolute Gasteiger partial charge is 0.508 e. The maximum atomic E-state index is 12.2. The Morgan fingerprint density at radius 1 is 1.14 bits per heavy atom. The fourth-order valence-electron chi connectivity index (χ4n) is 2.57. The fraction of sp³-hybridized carbons (Fsp3) is 0.167. The highest BCUT2D eigenvalue weighted by molar-refractivity contribution is 6.34. The lowest BCUT2D eigenvalue weighted by atomic mass is 10.0. The molecular weight excluding hydrogens is 298 g/mol. The van der Waals surface area contributed by atoms with Crippen molar-refractivity contribution in [3.8, 4) is 5.75 Å². The van der Waals surface area contributed by atoms with Gasteiger partial charge in [0.2, 0.25) is 0 Å². The van der Waals surface area contributed by atoms with Gasteiger partial charge in [0.1, 0.15) is 5.75 Å². The number of amides is 1. The molecule has 4 heteroatoms. The van der Waals surface area contributed by atoms with E-state index in [1.165, 1.54) is 29.7 Å². The SMILES string of the molecule is O=C(Nc1ccc(O)cc1Cl)c1ccc(C2=CCCC2)cc1. The third-order valence-electron chi connectivity index (χ3n) is 3.76. The van der Waals surface area contributed by atoms with Crippen LogP contribution >= 0.6 is 11.6 Å². The first kappa shape index (κ1) is 14.7. The Balaban J connectivity index is 1.74. The summed E-state index contributed by atoms with van der Waals surface area (Å²) < 4.78 is 0. The summed E-state index contributed by atoms with van der Waals surface area (Å²) in [5.74, 6) is -0.156. The first-order valence-electron chi connectivity index (χ1n) is 7.23. The molecule has 0 aromatic heterocycles. The first-order chi connectivity index (χ1) is 10.6. The number of benzene rings is 2. The van der Waals surface area contributed by atoms with Gasteiger partial charge in [0, 0.05) is 11.6 Å². The van der Waals surface area contributed by atoms with E-state index in [9.17, 15) is 9.90 Å². The summed E-state index contributed by atoms with van der Waals surface area (Å²) in [4.78, 5) is 12.2. The quantitative estimate of drug-likeness (QED) is 0.795. The number of anilines is 1. The van der Waals surface area contributed by atoms with Gasteiger partial charge in [-0.15, -0.1) is 0 Å². The highest BCUT2D eigenvalue weighted by Crippen LogP contribution is 2.28. The average molecular weight is 314 g/mol. The Hall–Kier alpha value is -2.26. The molecule has 0 saturated heterocycles. The van der Waals surface area contributed by atoms with E-state index >= 15 is 0 Å². The van der Waals surface area contributed by atoms with Gasteiger partial charge < -0.3 is 10.4 Å². The second-order valence-electron chi connectivity index (χ2n) is 5.32. The van der Waals surface area contributed by atoms with Gasteiger partial charge in [0.25, 0.3) is 5.91 Å². The molecule has 0 fully saturated rings. The minimum absolute atomic E-state index is 0.0668. The predicted molar refractivity (Wildman–Crippen MR) is 89.3 cm³/mol. The lowest BCUT2D eigenvalue weighted by Crippen LogP contribution is -2.12. The van der Waals surface area contributed by atoms with Gasteiger partial charge in [-0.25, -0.2) is 0 Å². The molecule has 0 bridgehead atoms. The van der Waals surface area contributed by atoms with Crippen LogP contribution in [-0.2, 0) is 0 Å². The van der Waals surface area contributed by atoms with Crippen molar-refractivity contribution < 1.29 is 9.90 Å². The van der Waals surface area contributed by atoms with Crippen LogP contribution < -0.4 is 5.32 Å². The van der Waals surface area contributed by atoms with Crippen molar-refractivity contribution in [1.29, 1.82) is 0 Å². The number of rotatable bonds is 3. The van der Waals surface area contributed by atoms with E-state index in [2.05, 4.69) is 11.4 Å². The number of carbonyl (C=O) groups is 1. The Morgan fingerprint density at radius 2 is 1.91 bits per heavy atom. The lowest BCUT2D eigenvalue weighted by Gasteiger charge is -2.08. The van der Waals surface area contributed by atoms with E-state index in [-0.39, 0.29) is 11.7 Å². The third-order valence-corrected chi connectivity index (χ3v) is 4.07. The van der Waals surface area contributed by atoms with Crippen LogP contribution in [0.25, 0.3) is 5.57 Å². The predicted octanol–water partition coefficient (Wildman–Crippen LogP) is 4.87. The van der Waals surface area contributed by atoms with Crippen LogP contribution in [0.1, 0.15) is 35.2 Å². The van der Waals surface area contributed by atoms with Gasteiger partial charge in [-0.2, -0.15) is 0 Å². The second kappa shape index (κ2) is 6.24. The van der Waals surface area contributed by atoms with Crippen molar-refractivity contribution in [3.63, 3.8) is 0 Å². The molecule has 1 aliphatic rings. The number of hydrogen-bond acceptors (Lipinski definition) is 2. The normalized spacial score (nSPS) is 13.8. The van der Waals surface area contributed by atoms with Crippen molar-refractivity contribution in [3.05, 3.63) is 64.7 Å². The summed E-state index contributed by atoms with van der Waals surface area (Å²) in [6, 6.07) is 12.0. The zero-order valence-electron chi connectivity index (χ0n) is 12.0. The molecule has 0 radical (unpaired) electrons. The van der Waals surface area contributed by atoms with Gasteiger partial charge in [0.05, 0.1) is 10.7 Å². The molecule has 112 valence electrons. The van der Waals surface area contributed by atoms with Crippen LogP contribution in [0.3, 0.4) is 0 Å². The summed E-state index contributed by atoms with van der Waals surface area (Å²) >= 11 is 5.99. The van der Waals surface area contributed by atoms with E-state index in [0.29, 0.717) is 16.3 Å². The van der Waals surface area contributed by atoms with Gasteiger partial charge in [-0.05, 0) is 54.7 Å². The number of phenolic OH excluding ortho intramolecular Hbond substituents is 1. The van der Waals surface area contributed by atoms with Crippen LogP contribution in [0.2, 0.25) is 5.02 Å². The van der Waals surface area contributed by atoms with Crippen molar-refractivity contribution in [2.24, 2.45) is 0 Å². The third kappa shape index (κ3) is 3.15. The molecule has 0 unspecified atom stereocenters. The van der Waals surface area contributed by atoms with Crippen LogP contribution in [0.4, 0.5) is 5.69 Å². The van der Waals surface area contributed by atoms with Crippen molar-refractivity contribution >= 4 is 28.8 Å². The molecule has 0 heterocycles. The van der Waals surface area contributed by atoms with Crippen LogP contribution in [-0.4, -0.2) is 11.0 Å². The van der Waals surface area contributed by atoms with Crippen LogP contribution in [0, 0.1) is 0 Å². The summed E-state index contributed by atoms with van der Waals surface area (Å²) in [5.41, 5.74) is 3.59. The summed E-state index contributed by atoms with van der Waals surface area (Å²) in [5, 5.41) is 12.4. The van der Waals surface area contributed by atoms with Crippen molar-refractivity contribution in [2.45, 2.75) is 19.3 Å². The lowest BCUT2D eigenvalue weighted by molar-refractivity contribution is 0.102. The number of carbonyl (C=O) groups excluding carboxylic acids is 1. The smallest absolute Gasteiger partial charge is 0.255 e. The monoisotopic (exact) mass is 313 g/mol. The molecule has 0 atom stereocenters. The molecule has 0 spiro atoms. The molecule has 2 aromatic rings. The Morgan fingerprint density at radius 3 is 2.55 bits per heavy atom. The molecule has 1 amide bonds. The number of allylic oxidation sites excluding steroid dienone is 2. The first-order valence-corrected chi connectivity index (χ1v) is 7.60. The molecule has 2 N–H and O–H groups in total. The number of nitrogens with one attached hydrogen (secondary N) is 1. The van der Waals surface area contributed by atoms with Crippen LogP contribution in [0.5, 0.6) is 5.75 Å². The summed E-state index contributed by atoms with van der Waals surface area (Å²) in [6.45, 7) is 0. The second-order valence-corrected chi connectivity index (χ2v) is 5.72. The Kier molecular flexibility index (Phi) is 4.16. The van der Waals surface area contributed by atoms with Crippen molar-refractivity contribution in [2.75, 3.05) is 5.32 Å². The topological polar surface area (TPSA) is 49.3 Å².